The zero-order valence-electron chi connectivity index (χ0n) is 12.2. The van der Waals surface area contributed by atoms with Gasteiger partial charge in [-0.25, -0.2) is 13.1 Å². The molecular weight excluding hydrogens is 316 g/mol. The van der Waals surface area contributed by atoms with E-state index in [2.05, 4.69) is 4.72 Å². The zero-order chi connectivity index (χ0) is 16.2. The molecule has 1 aromatic rings. The second-order valence-electron chi connectivity index (χ2n) is 4.86. The number of rotatable bonds is 7. The maximum absolute atomic E-state index is 12.3. The van der Waals surface area contributed by atoms with Gasteiger partial charge in [0.2, 0.25) is 10.0 Å². The van der Waals surface area contributed by atoms with Gasteiger partial charge >= 0.3 is 0 Å². The molecule has 0 aliphatic heterocycles. The molecule has 118 valence electrons. The van der Waals surface area contributed by atoms with Crippen LogP contribution in [0.4, 0.5) is 5.69 Å². The van der Waals surface area contributed by atoms with Crippen molar-refractivity contribution in [1.29, 1.82) is 0 Å². The standard InChI is InChI=1S/C13H19ClN2O4S/c1-4-10(5-2)8-15-21(19,20)13-7-12(16(17)18)11(14)6-9(13)3/h6-7,10,15H,4-5,8H2,1-3H3. The molecular formula is C13H19ClN2O4S. The number of benzene rings is 1. The molecule has 0 aliphatic carbocycles. The number of aryl methyl sites for hydroxylation is 1. The van der Waals surface area contributed by atoms with Gasteiger partial charge in [0.05, 0.1) is 9.82 Å². The van der Waals surface area contributed by atoms with Gasteiger partial charge < -0.3 is 0 Å². The Balaban J connectivity index is 3.13. The van der Waals surface area contributed by atoms with E-state index in [0.717, 1.165) is 18.9 Å². The Hall–Kier alpha value is -1.18. The third-order valence-corrected chi connectivity index (χ3v) is 5.32. The molecule has 0 saturated carbocycles. The number of halogens is 1. The summed E-state index contributed by atoms with van der Waals surface area (Å²) in [4.78, 5) is 10.1. The predicted octanol–water partition coefficient (Wildman–Crippen LogP) is 3.27. The fourth-order valence-corrected chi connectivity index (χ4v) is 3.60. The molecule has 1 aromatic carbocycles. The average Bonchev–Trinajstić information content (AvgIpc) is 2.38. The summed E-state index contributed by atoms with van der Waals surface area (Å²) >= 11 is 5.76. The monoisotopic (exact) mass is 334 g/mol. The fourth-order valence-electron chi connectivity index (χ4n) is 1.95. The molecule has 0 amide bonds. The number of sulfonamides is 1. The number of hydrogen-bond donors (Lipinski definition) is 1. The lowest BCUT2D eigenvalue weighted by molar-refractivity contribution is -0.384. The number of nitro benzene ring substituents is 1. The van der Waals surface area contributed by atoms with Crippen LogP contribution in [-0.2, 0) is 10.0 Å². The van der Waals surface area contributed by atoms with Crippen molar-refractivity contribution in [2.75, 3.05) is 6.54 Å². The molecule has 6 nitrogen and oxygen atoms in total. The van der Waals surface area contributed by atoms with Gasteiger partial charge in [0.15, 0.2) is 0 Å². The third kappa shape index (κ3) is 4.39. The van der Waals surface area contributed by atoms with Crippen LogP contribution in [-0.4, -0.2) is 19.9 Å². The van der Waals surface area contributed by atoms with Gasteiger partial charge in [0.1, 0.15) is 5.02 Å². The van der Waals surface area contributed by atoms with Crippen molar-refractivity contribution in [3.05, 3.63) is 32.8 Å². The van der Waals surface area contributed by atoms with Crippen LogP contribution in [0.25, 0.3) is 0 Å². The van der Waals surface area contributed by atoms with E-state index in [-0.39, 0.29) is 15.8 Å². The molecule has 1 rings (SSSR count). The summed E-state index contributed by atoms with van der Waals surface area (Å²) in [5.74, 6) is 0.238. The zero-order valence-corrected chi connectivity index (χ0v) is 13.8. The first-order valence-corrected chi connectivity index (χ1v) is 8.53. The van der Waals surface area contributed by atoms with E-state index in [0.29, 0.717) is 12.1 Å². The van der Waals surface area contributed by atoms with Gasteiger partial charge in [-0.3, -0.25) is 10.1 Å². The Labute approximate surface area is 129 Å². The van der Waals surface area contributed by atoms with Crippen LogP contribution in [0.5, 0.6) is 0 Å². The summed E-state index contributed by atoms with van der Waals surface area (Å²) in [5.41, 5.74) is -0.0344. The predicted molar refractivity (Wildman–Crippen MR) is 82.1 cm³/mol. The molecule has 0 radical (unpaired) electrons. The molecule has 8 heteroatoms. The highest BCUT2D eigenvalue weighted by molar-refractivity contribution is 7.89. The third-order valence-electron chi connectivity index (χ3n) is 3.45. The first-order chi connectivity index (χ1) is 9.72. The van der Waals surface area contributed by atoms with Crippen LogP contribution in [0.2, 0.25) is 5.02 Å². The van der Waals surface area contributed by atoms with Crippen molar-refractivity contribution < 1.29 is 13.3 Å². The minimum Gasteiger partial charge on any atom is -0.258 e. The second kappa shape index (κ2) is 7.20. The van der Waals surface area contributed by atoms with E-state index in [4.69, 9.17) is 11.6 Å². The summed E-state index contributed by atoms with van der Waals surface area (Å²) in [7, 11) is -3.79. The first kappa shape index (κ1) is 17.9. The number of nitro groups is 1. The van der Waals surface area contributed by atoms with Crippen molar-refractivity contribution in [2.45, 2.75) is 38.5 Å². The topological polar surface area (TPSA) is 89.3 Å². The molecule has 0 bridgehead atoms. The van der Waals surface area contributed by atoms with Gasteiger partial charge in [-0.05, 0) is 24.5 Å². The first-order valence-electron chi connectivity index (χ1n) is 6.67. The molecule has 0 fully saturated rings. The maximum atomic E-state index is 12.3. The van der Waals surface area contributed by atoms with Gasteiger partial charge in [-0.15, -0.1) is 0 Å². The van der Waals surface area contributed by atoms with Gasteiger partial charge in [-0.1, -0.05) is 38.3 Å². The van der Waals surface area contributed by atoms with Crippen LogP contribution in [0, 0.1) is 23.0 Å². The quantitative estimate of drug-likeness (QED) is 0.612. The molecule has 0 atom stereocenters. The van der Waals surface area contributed by atoms with E-state index in [1.54, 1.807) is 6.92 Å². The van der Waals surface area contributed by atoms with E-state index >= 15 is 0 Å². The second-order valence-corrected chi connectivity index (χ2v) is 7.00. The lowest BCUT2D eigenvalue weighted by Crippen LogP contribution is -2.29. The van der Waals surface area contributed by atoms with E-state index < -0.39 is 20.6 Å². The van der Waals surface area contributed by atoms with E-state index in [1.165, 1.54) is 6.07 Å². The highest BCUT2D eigenvalue weighted by atomic mass is 35.5. The number of nitrogens with zero attached hydrogens (tertiary/aromatic N) is 1. The lowest BCUT2D eigenvalue weighted by atomic mass is 10.0. The SMILES string of the molecule is CCC(CC)CNS(=O)(=O)c1cc([N+](=O)[O-])c(Cl)cc1C. The highest BCUT2D eigenvalue weighted by Crippen LogP contribution is 2.30. The molecule has 0 saturated heterocycles. The van der Waals surface area contributed by atoms with Crippen LogP contribution in [0.1, 0.15) is 32.3 Å². The Kier molecular flexibility index (Phi) is 6.12. The smallest absolute Gasteiger partial charge is 0.258 e. The summed E-state index contributed by atoms with van der Waals surface area (Å²) in [5, 5.41) is 10.8. The van der Waals surface area contributed by atoms with Crippen LogP contribution >= 0.6 is 11.6 Å². The van der Waals surface area contributed by atoms with Crippen LogP contribution < -0.4 is 4.72 Å². The molecule has 0 heterocycles. The summed E-state index contributed by atoms with van der Waals surface area (Å²) < 4.78 is 27.1. The van der Waals surface area contributed by atoms with Gasteiger partial charge in [0, 0.05) is 12.6 Å². The van der Waals surface area contributed by atoms with Crippen LogP contribution in [0.15, 0.2) is 17.0 Å². The summed E-state index contributed by atoms with van der Waals surface area (Å²) in [6.07, 6.45) is 1.72. The minimum absolute atomic E-state index is 0.0727. The Morgan fingerprint density at radius 1 is 1.33 bits per heavy atom. The van der Waals surface area contributed by atoms with E-state index in [1.807, 2.05) is 13.8 Å². The van der Waals surface area contributed by atoms with Crippen molar-refractivity contribution >= 4 is 27.3 Å². The minimum atomic E-state index is -3.79. The van der Waals surface area contributed by atoms with Gasteiger partial charge in [-0.2, -0.15) is 0 Å². The van der Waals surface area contributed by atoms with Crippen molar-refractivity contribution in [3.8, 4) is 0 Å². The van der Waals surface area contributed by atoms with Crippen molar-refractivity contribution in [3.63, 3.8) is 0 Å². The Morgan fingerprint density at radius 2 is 1.90 bits per heavy atom. The molecule has 0 aliphatic rings. The molecule has 0 spiro atoms. The van der Waals surface area contributed by atoms with Crippen molar-refractivity contribution in [2.24, 2.45) is 5.92 Å². The Morgan fingerprint density at radius 3 is 2.38 bits per heavy atom. The van der Waals surface area contributed by atoms with E-state index in [9.17, 15) is 18.5 Å². The normalized spacial score (nSPS) is 11.9. The van der Waals surface area contributed by atoms with Crippen LogP contribution in [0.3, 0.4) is 0 Å². The molecule has 21 heavy (non-hydrogen) atoms. The van der Waals surface area contributed by atoms with Crippen molar-refractivity contribution in [1.82, 2.24) is 4.72 Å². The highest BCUT2D eigenvalue weighted by Gasteiger charge is 2.23. The average molecular weight is 335 g/mol. The fraction of sp³-hybridized carbons (Fsp3) is 0.538. The molecule has 0 unspecified atom stereocenters. The lowest BCUT2D eigenvalue weighted by Gasteiger charge is -2.14. The van der Waals surface area contributed by atoms with Gasteiger partial charge in [0.25, 0.3) is 5.69 Å². The number of nitrogens with one attached hydrogen (secondary N) is 1. The molecule has 1 N–H and O–H groups in total. The maximum Gasteiger partial charge on any atom is 0.289 e. The summed E-state index contributed by atoms with van der Waals surface area (Å²) in [6.45, 7) is 5.84. The number of hydrogen-bond acceptors (Lipinski definition) is 4. The largest absolute Gasteiger partial charge is 0.289 e. The summed E-state index contributed by atoms with van der Waals surface area (Å²) in [6, 6.07) is 2.30. The Bertz CT molecular complexity index is 627. The molecule has 0 aromatic heterocycles.